The molecule has 0 bridgehead atoms. The number of nitrogens with zero attached hydrogens (tertiary/aromatic N) is 2. The molecule has 0 aliphatic carbocycles. The smallest absolute Gasteiger partial charge is 0.123 e. The molecule has 3 heteroatoms. The van der Waals surface area contributed by atoms with E-state index in [9.17, 15) is 4.39 Å². The fraction of sp³-hybridized carbons (Fsp3) is 0.182. The lowest BCUT2D eigenvalue weighted by molar-refractivity contribution is 0.627. The van der Waals surface area contributed by atoms with Crippen LogP contribution in [0.25, 0.3) is 0 Å². The van der Waals surface area contributed by atoms with Gasteiger partial charge in [0.1, 0.15) is 5.82 Å². The third-order valence-corrected chi connectivity index (χ3v) is 1.98. The van der Waals surface area contributed by atoms with Crippen molar-refractivity contribution in [1.29, 1.82) is 0 Å². The fourth-order valence-electron chi connectivity index (χ4n) is 1.30. The van der Waals surface area contributed by atoms with Crippen LogP contribution in [0.15, 0.2) is 30.5 Å². The molecule has 0 saturated carbocycles. The number of hydrogen-bond donors (Lipinski definition) is 0. The second-order valence-corrected chi connectivity index (χ2v) is 3.20. The monoisotopic (exact) mass is 189 g/mol. The predicted octanol–water partition coefficient (Wildman–Crippen LogP) is 1.95. The van der Waals surface area contributed by atoms with Crippen LogP contribution in [0.5, 0.6) is 0 Å². The maximum atomic E-state index is 12.6. The van der Waals surface area contributed by atoms with Gasteiger partial charge in [-0.25, -0.2) is 4.39 Å². The van der Waals surface area contributed by atoms with Crippen LogP contribution in [0.4, 0.5) is 4.39 Å². The van der Waals surface area contributed by atoms with Crippen LogP contribution in [0.1, 0.15) is 11.3 Å². The second-order valence-electron chi connectivity index (χ2n) is 3.20. The van der Waals surface area contributed by atoms with Gasteiger partial charge in [-0.2, -0.15) is 5.10 Å². The predicted molar refractivity (Wildman–Crippen MR) is 51.3 cm³/mol. The van der Waals surface area contributed by atoms with E-state index in [1.54, 1.807) is 23.0 Å². The zero-order chi connectivity index (χ0) is 9.97. The lowest BCUT2D eigenvalue weighted by Crippen LogP contribution is -1.92. The van der Waals surface area contributed by atoms with E-state index in [-0.39, 0.29) is 5.82 Å². The molecule has 2 aromatic rings. The van der Waals surface area contributed by atoms with Crippen LogP contribution in [-0.2, 0) is 13.5 Å². The zero-order valence-corrected chi connectivity index (χ0v) is 7.87. The Morgan fingerprint density at radius 1 is 1.36 bits per heavy atom. The summed E-state index contributed by atoms with van der Waals surface area (Å²) < 4.78 is 14.3. The summed E-state index contributed by atoms with van der Waals surface area (Å²) in [7, 11) is 1.85. The first-order valence-corrected chi connectivity index (χ1v) is 4.39. The van der Waals surface area contributed by atoms with Gasteiger partial charge in [0, 0.05) is 25.7 Å². The Kier molecular flexibility index (Phi) is 2.31. The average Bonchev–Trinajstić information content (AvgIpc) is 2.56. The highest BCUT2D eigenvalue weighted by atomic mass is 19.1. The molecule has 0 fully saturated rings. The molecule has 0 amide bonds. The van der Waals surface area contributed by atoms with Crippen molar-refractivity contribution in [2.75, 3.05) is 0 Å². The third kappa shape index (κ3) is 1.99. The molecular weight excluding hydrogens is 179 g/mol. The van der Waals surface area contributed by atoms with E-state index >= 15 is 0 Å². The van der Waals surface area contributed by atoms with Crippen molar-refractivity contribution < 1.29 is 4.39 Å². The van der Waals surface area contributed by atoms with Gasteiger partial charge in [0.05, 0.1) is 5.69 Å². The van der Waals surface area contributed by atoms with Crippen molar-refractivity contribution >= 4 is 0 Å². The van der Waals surface area contributed by atoms with E-state index in [0.29, 0.717) is 6.42 Å². The molecular formula is C11H10FN2. The van der Waals surface area contributed by atoms with Crippen molar-refractivity contribution in [2.45, 2.75) is 6.42 Å². The minimum Gasteiger partial charge on any atom is -0.275 e. The van der Waals surface area contributed by atoms with Gasteiger partial charge >= 0.3 is 0 Å². The maximum Gasteiger partial charge on any atom is 0.123 e. The van der Waals surface area contributed by atoms with E-state index in [2.05, 4.69) is 11.2 Å². The maximum absolute atomic E-state index is 12.6. The number of rotatable bonds is 2. The van der Waals surface area contributed by atoms with Crippen LogP contribution in [0.3, 0.4) is 0 Å². The first-order chi connectivity index (χ1) is 6.74. The van der Waals surface area contributed by atoms with Crippen molar-refractivity contribution in [3.63, 3.8) is 0 Å². The van der Waals surface area contributed by atoms with Gasteiger partial charge in [-0.05, 0) is 17.7 Å². The molecule has 2 nitrogen and oxygen atoms in total. The molecule has 0 saturated heterocycles. The summed E-state index contributed by atoms with van der Waals surface area (Å²) in [6, 6.07) is 9.46. The average molecular weight is 189 g/mol. The first-order valence-electron chi connectivity index (χ1n) is 4.39. The zero-order valence-electron chi connectivity index (χ0n) is 7.87. The quantitative estimate of drug-likeness (QED) is 0.706. The van der Waals surface area contributed by atoms with Crippen molar-refractivity contribution in [3.8, 4) is 0 Å². The molecule has 0 atom stereocenters. The van der Waals surface area contributed by atoms with Gasteiger partial charge in [-0.3, -0.25) is 4.68 Å². The molecule has 2 rings (SSSR count). The minimum atomic E-state index is -0.209. The molecule has 1 aromatic heterocycles. The SMILES string of the molecule is Cn1c[c]c(Cc2ccc(F)cc2)n1. The van der Waals surface area contributed by atoms with E-state index in [1.807, 2.05) is 7.05 Å². The number of halogens is 1. The number of benzene rings is 1. The Hall–Kier alpha value is -1.64. The Labute approximate surface area is 82.0 Å². The second kappa shape index (κ2) is 3.62. The number of aromatic nitrogens is 2. The van der Waals surface area contributed by atoms with Gasteiger partial charge in [-0.1, -0.05) is 12.1 Å². The van der Waals surface area contributed by atoms with Crippen molar-refractivity contribution in [3.05, 3.63) is 53.6 Å². The lowest BCUT2D eigenvalue weighted by atomic mass is 10.1. The van der Waals surface area contributed by atoms with E-state index < -0.39 is 0 Å². The molecule has 71 valence electrons. The van der Waals surface area contributed by atoms with Crippen LogP contribution < -0.4 is 0 Å². The molecule has 1 radical (unpaired) electrons. The Bertz CT molecular complexity index is 417. The molecule has 14 heavy (non-hydrogen) atoms. The van der Waals surface area contributed by atoms with Crippen LogP contribution in [0.2, 0.25) is 0 Å². The Balaban J connectivity index is 2.15. The first kappa shape index (κ1) is 8.94. The Morgan fingerprint density at radius 3 is 2.64 bits per heavy atom. The summed E-state index contributed by atoms with van der Waals surface area (Å²) in [5.41, 5.74) is 1.92. The van der Waals surface area contributed by atoms with Crippen molar-refractivity contribution in [1.82, 2.24) is 9.78 Å². The van der Waals surface area contributed by atoms with Crippen molar-refractivity contribution in [2.24, 2.45) is 7.05 Å². The highest BCUT2D eigenvalue weighted by Crippen LogP contribution is 2.07. The summed E-state index contributed by atoms with van der Waals surface area (Å²) in [4.78, 5) is 0. The summed E-state index contributed by atoms with van der Waals surface area (Å²) in [6.07, 6.45) is 2.47. The van der Waals surface area contributed by atoms with Gasteiger partial charge in [0.2, 0.25) is 0 Å². The number of hydrogen-bond acceptors (Lipinski definition) is 1. The fourth-order valence-corrected chi connectivity index (χ4v) is 1.30. The Morgan fingerprint density at radius 2 is 2.07 bits per heavy atom. The topological polar surface area (TPSA) is 17.8 Å². The van der Waals surface area contributed by atoms with E-state index in [1.165, 1.54) is 12.1 Å². The highest BCUT2D eigenvalue weighted by molar-refractivity contribution is 5.21. The summed E-state index contributed by atoms with van der Waals surface area (Å²) in [6.45, 7) is 0. The minimum absolute atomic E-state index is 0.209. The van der Waals surface area contributed by atoms with Crippen LogP contribution >= 0.6 is 0 Å². The molecule has 1 heterocycles. The van der Waals surface area contributed by atoms with Gasteiger partial charge in [-0.15, -0.1) is 0 Å². The van der Waals surface area contributed by atoms with E-state index in [0.717, 1.165) is 11.3 Å². The molecule has 0 aliphatic rings. The van der Waals surface area contributed by atoms with Gasteiger partial charge in [0.15, 0.2) is 0 Å². The third-order valence-electron chi connectivity index (χ3n) is 1.98. The number of aryl methyl sites for hydroxylation is 1. The van der Waals surface area contributed by atoms with Gasteiger partial charge < -0.3 is 0 Å². The van der Waals surface area contributed by atoms with Crippen LogP contribution in [0, 0.1) is 11.9 Å². The van der Waals surface area contributed by atoms with E-state index in [4.69, 9.17) is 0 Å². The van der Waals surface area contributed by atoms with Gasteiger partial charge in [0.25, 0.3) is 0 Å². The molecule has 1 aromatic carbocycles. The summed E-state index contributed by atoms with van der Waals surface area (Å²) >= 11 is 0. The highest BCUT2D eigenvalue weighted by Gasteiger charge is 1.99. The largest absolute Gasteiger partial charge is 0.275 e. The molecule has 0 N–H and O–H groups in total. The summed E-state index contributed by atoms with van der Waals surface area (Å²) in [5.74, 6) is -0.209. The molecule has 0 aliphatic heterocycles. The summed E-state index contributed by atoms with van der Waals surface area (Å²) in [5, 5.41) is 4.20. The normalized spacial score (nSPS) is 10.4. The lowest BCUT2D eigenvalue weighted by Gasteiger charge is -1.97. The van der Waals surface area contributed by atoms with Crippen LogP contribution in [-0.4, -0.2) is 9.78 Å². The molecule has 0 spiro atoms. The molecule has 0 unspecified atom stereocenters. The standard InChI is InChI=1S/C11H10FN2/c1-14-7-6-11(13-14)8-9-2-4-10(12)5-3-9/h2-5,7H,8H2,1H3.